The Labute approximate surface area is 109 Å². The molecule has 0 saturated carbocycles. The molecule has 0 aliphatic carbocycles. The van der Waals surface area contributed by atoms with E-state index >= 15 is 0 Å². The molecule has 1 heterocycles. The molecular weight excluding hydrogens is 285 g/mol. The van der Waals surface area contributed by atoms with Crippen molar-refractivity contribution in [2.75, 3.05) is 6.54 Å². The number of halogens is 5. The second-order valence-electron chi connectivity index (χ2n) is 3.71. The van der Waals surface area contributed by atoms with Gasteiger partial charge in [-0.05, 0) is 17.0 Å². The van der Waals surface area contributed by atoms with Gasteiger partial charge in [-0.25, -0.2) is 22.0 Å². The van der Waals surface area contributed by atoms with E-state index < -0.39 is 34.8 Å². The SMILES string of the molecule is CCNCc1nnnn1-c1c(F)c(F)c(F)c(F)c1F. The van der Waals surface area contributed by atoms with Gasteiger partial charge in [0.1, 0.15) is 5.69 Å². The van der Waals surface area contributed by atoms with Crippen LogP contribution in [0, 0.1) is 29.1 Å². The standard InChI is InChI=1S/C10H8F5N5/c1-2-16-3-4-17-18-19-20(4)10-8(14)6(12)5(11)7(13)9(10)15/h16H,2-3H2,1H3. The quantitative estimate of drug-likeness (QED) is 0.527. The van der Waals surface area contributed by atoms with Crippen LogP contribution in [-0.2, 0) is 6.54 Å². The molecule has 0 saturated heterocycles. The van der Waals surface area contributed by atoms with Crippen LogP contribution in [0.1, 0.15) is 12.7 Å². The van der Waals surface area contributed by atoms with Gasteiger partial charge in [0, 0.05) is 0 Å². The Morgan fingerprint density at radius 3 is 2.05 bits per heavy atom. The summed E-state index contributed by atoms with van der Waals surface area (Å²) >= 11 is 0. The molecule has 10 heteroatoms. The van der Waals surface area contributed by atoms with Gasteiger partial charge < -0.3 is 5.32 Å². The molecule has 0 fully saturated rings. The monoisotopic (exact) mass is 293 g/mol. The van der Waals surface area contributed by atoms with Crippen molar-refractivity contribution in [1.82, 2.24) is 25.5 Å². The molecule has 0 aliphatic heterocycles. The van der Waals surface area contributed by atoms with Crippen LogP contribution in [0.15, 0.2) is 0 Å². The zero-order valence-corrected chi connectivity index (χ0v) is 10.1. The van der Waals surface area contributed by atoms with Crippen molar-refractivity contribution in [3.8, 4) is 5.69 Å². The van der Waals surface area contributed by atoms with Gasteiger partial charge in [-0.1, -0.05) is 6.92 Å². The highest BCUT2D eigenvalue weighted by atomic mass is 19.2. The maximum atomic E-state index is 13.6. The number of tetrazole rings is 1. The largest absolute Gasteiger partial charge is 0.310 e. The average Bonchev–Trinajstić information content (AvgIpc) is 2.89. The van der Waals surface area contributed by atoms with Crippen molar-refractivity contribution >= 4 is 0 Å². The van der Waals surface area contributed by atoms with Gasteiger partial charge in [-0.2, -0.15) is 4.68 Å². The van der Waals surface area contributed by atoms with E-state index in [0.29, 0.717) is 11.2 Å². The molecule has 0 bridgehead atoms. The smallest absolute Gasteiger partial charge is 0.200 e. The molecule has 2 rings (SSSR count). The second-order valence-corrected chi connectivity index (χ2v) is 3.71. The first kappa shape index (κ1) is 14.3. The Bertz CT molecular complexity index is 612. The average molecular weight is 293 g/mol. The number of nitrogens with zero attached hydrogens (tertiary/aromatic N) is 4. The lowest BCUT2D eigenvalue weighted by molar-refractivity contribution is 0.372. The van der Waals surface area contributed by atoms with E-state index in [0.717, 1.165) is 0 Å². The first-order valence-electron chi connectivity index (χ1n) is 5.48. The third-order valence-electron chi connectivity index (χ3n) is 2.47. The normalized spacial score (nSPS) is 11.1. The molecule has 0 atom stereocenters. The summed E-state index contributed by atoms with van der Waals surface area (Å²) in [7, 11) is 0. The summed E-state index contributed by atoms with van der Waals surface area (Å²) in [6, 6.07) is 0. The van der Waals surface area contributed by atoms with E-state index in [1.807, 2.05) is 0 Å². The highest BCUT2D eigenvalue weighted by Gasteiger charge is 2.28. The maximum Gasteiger partial charge on any atom is 0.200 e. The predicted octanol–water partition coefficient (Wildman–Crippen LogP) is 1.47. The van der Waals surface area contributed by atoms with E-state index in [4.69, 9.17) is 0 Å². The highest BCUT2D eigenvalue weighted by molar-refractivity contribution is 5.37. The van der Waals surface area contributed by atoms with E-state index in [1.165, 1.54) is 0 Å². The number of benzene rings is 1. The molecule has 0 aliphatic rings. The van der Waals surface area contributed by atoms with Gasteiger partial charge in [-0.3, -0.25) is 0 Å². The minimum absolute atomic E-state index is 0.00297. The summed E-state index contributed by atoms with van der Waals surface area (Å²) in [6.07, 6.45) is 0. The van der Waals surface area contributed by atoms with Crippen molar-refractivity contribution in [2.24, 2.45) is 0 Å². The molecule has 0 amide bonds. The van der Waals surface area contributed by atoms with Crippen LogP contribution < -0.4 is 5.32 Å². The number of hydrogen-bond donors (Lipinski definition) is 1. The van der Waals surface area contributed by atoms with E-state index in [-0.39, 0.29) is 12.4 Å². The van der Waals surface area contributed by atoms with Gasteiger partial charge in [-0.15, -0.1) is 5.10 Å². The summed E-state index contributed by atoms with van der Waals surface area (Å²) < 4.78 is 66.9. The Kier molecular flexibility index (Phi) is 3.93. The molecule has 1 aromatic heterocycles. The predicted molar refractivity (Wildman–Crippen MR) is 56.3 cm³/mol. The molecule has 108 valence electrons. The van der Waals surface area contributed by atoms with Crippen LogP contribution in [0.25, 0.3) is 5.69 Å². The van der Waals surface area contributed by atoms with Crippen molar-refractivity contribution in [1.29, 1.82) is 0 Å². The van der Waals surface area contributed by atoms with Crippen LogP contribution in [0.3, 0.4) is 0 Å². The molecule has 0 unspecified atom stereocenters. The Hall–Kier alpha value is -2.10. The third kappa shape index (κ3) is 2.22. The van der Waals surface area contributed by atoms with E-state index in [2.05, 4.69) is 20.8 Å². The summed E-state index contributed by atoms with van der Waals surface area (Å²) in [5.74, 6) is -10.4. The molecule has 0 radical (unpaired) electrons. The van der Waals surface area contributed by atoms with Crippen molar-refractivity contribution < 1.29 is 22.0 Å². The van der Waals surface area contributed by atoms with Gasteiger partial charge in [0.15, 0.2) is 29.1 Å². The molecule has 1 N–H and O–H groups in total. The zero-order valence-electron chi connectivity index (χ0n) is 10.1. The fourth-order valence-corrected chi connectivity index (χ4v) is 1.51. The first-order valence-corrected chi connectivity index (χ1v) is 5.48. The van der Waals surface area contributed by atoms with Gasteiger partial charge in [0.25, 0.3) is 0 Å². The van der Waals surface area contributed by atoms with Gasteiger partial charge in [0.05, 0.1) is 6.54 Å². The molecular formula is C10H8F5N5. The van der Waals surface area contributed by atoms with Crippen LogP contribution in [0.4, 0.5) is 22.0 Å². The molecule has 2 aromatic rings. The third-order valence-corrected chi connectivity index (χ3v) is 2.47. The Balaban J connectivity index is 2.62. The Morgan fingerprint density at radius 2 is 1.50 bits per heavy atom. The molecule has 5 nitrogen and oxygen atoms in total. The fourth-order valence-electron chi connectivity index (χ4n) is 1.51. The summed E-state index contributed by atoms with van der Waals surface area (Å²) in [5, 5.41) is 12.7. The summed E-state index contributed by atoms with van der Waals surface area (Å²) in [5.41, 5.74) is -1.21. The second kappa shape index (κ2) is 5.49. The number of rotatable bonds is 4. The van der Waals surface area contributed by atoms with Crippen molar-refractivity contribution in [2.45, 2.75) is 13.5 Å². The number of nitrogens with one attached hydrogen (secondary N) is 1. The van der Waals surface area contributed by atoms with Crippen LogP contribution in [-0.4, -0.2) is 26.8 Å². The van der Waals surface area contributed by atoms with Gasteiger partial charge in [0.2, 0.25) is 5.82 Å². The maximum absolute atomic E-state index is 13.6. The number of hydrogen-bond acceptors (Lipinski definition) is 4. The lowest BCUT2D eigenvalue weighted by atomic mass is 10.2. The fraction of sp³-hybridized carbons (Fsp3) is 0.300. The van der Waals surface area contributed by atoms with Crippen LogP contribution >= 0.6 is 0 Å². The lowest BCUT2D eigenvalue weighted by Gasteiger charge is -2.09. The van der Waals surface area contributed by atoms with E-state index in [9.17, 15) is 22.0 Å². The van der Waals surface area contributed by atoms with Crippen LogP contribution in [0.2, 0.25) is 0 Å². The van der Waals surface area contributed by atoms with Crippen molar-refractivity contribution in [3.63, 3.8) is 0 Å². The summed E-state index contributed by atoms with van der Waals surface area (Å²) in [6.45, 7) is 2.26. The lowest BCUT2D eigenvalue weighted by Crippen LogP contribution is -2.18. The molecule has 20 heavy (non-hydrogen) atoms. The van der Waals surface area contributed by atoms with E-state index in [1.54, 1.807) is 6.92 Å². The minimum atomic E-state index is -2.23. The molecule has 0 spiro atoms. The summed E-state index contributed by atoms with van der Waals surface area (Å²) in [4.78, 5) is 0. The number of aromatic nitrogens is 4. The molecule has 1 aromatic carbocycles. The van der Waals surface area contributed by atoms with Crippen molar-refractivity contribution in [3.05, 3.63) is 34.9 Å². The highest BCUT2D eigenvalue weighted by Crippen LogP contribution is 2.25. The van der Waals surface area contributed by atoms with Gasteiger partial charge >= 0.3 is 0 Å². The Morgan fingerprint density at radius 1 is 0.950 bits per heavy atom. The minimum Gasteiger partial charge on any atom is -0.310 e. The topological polar surface area (TPSA) is 55.6 Å². The zero-order chi connectivity index (χ0) is 14.9. The van der Waals surface area contributed by atoms with Crippen LogP contribution in [0.5, 0.6) is 0 Å². The first-order chi connectivity index (χ1) is 9.49.